The minimum absolute atomic E-state index is 0.330. The highest BCUT2D eigenvalue weighted by atomic mass is 14.6. The van der Waals surface area contributed by atoms with Gasteiger partial charge in [-0.25, -0.2) is 0 Å². The predicted molar refractivity (Wildman–Crippen MR) is 49.3 cm³/mol. The molecule has 1 nitrogen and oxygen atoms in total. The molecule has 0 radical (unpaired) electrons. The Labute approximate surface area is 69.7 Å². The molecular weight excluding hydrogens is 134 g/mol. The van der Waals surface area contributed by atoms with Crippen LogP contribution in [0.5, 0.6) is 0 Å². The van der Waals surface area contributed by atoms with Crippen LogP contribution in [0.15, 0.2) is 11.6 Å². The average Bonchev–Trinajstić information content (AvgIpc) is 1.85. The summed E-state index contributed by atoms with van der Waals surface area (Å²) in [4.78, 5) is 0. The summed E-state index contributed by atoms with van der Waals surface area (Å²) in [5.41, 5.74) is 7.55. The second kappa shape index (κ2) is 2.98. The van der Waals surface area contributed by atoms with Crippen LogP contribution in [-0.4, -0.2) is 6.54 Å². The zero-order valence-corrected chi connectivity index (χ0v) is 7.85. The number of nitrogens with two attached hydrogens (primary N) is 1. The van der Waals surface area contributed by atoms with E-state index >= 15 is 0 Å². The first-order valence-electron chi connectivity index (χ1n) is 4.44. The van der Waals surface area contributed by atoms with Gasteiger partial charge in [0.2, 0.25) is 0 Å². The largest absolute Gasteiger partial charge is 0.330 e. The zero-order chi connectivity index (χ0) is 8.48. The predicted octanol–water partition coefficient (Wildman–Crippen LogP) is 2.33. The van der Waals surface area contributed by atoms with Crippen LogP contribution in [0.3, 0.4) is 0 Å². The lowest BCUT2D eigenvalue weighted by atomic mass is 9.71. The molecule has 0 aliphatic heterocycles. The maximum atomic E-state index is 5.70. The molecule has 1 aliphatic rings. The van der Waals surface area contributed by atoms with Gasteiger partial charge in [0.1, 0.15) is 0 Å². The molecule has 0 aromatic carbocycles. The first-order chi connectivity index (χ1) is 5.06. The van der Waals surface area contributed by atoms with Crippen molar-refractivity contribution < 1.29 is 0 Å². The Morgan fingerprint density at radius 2 is 2.27 bits per heavy atom. The van der Waals surface area contributed by atoms with Crippen molar-refractivity contribution >= 4 is 0 Å². The summed E-state index contributed by atoms with van der Waals surface area (Å²) in [5.74, 6) is 0.686. The van der Waals surface area contributed by atoms with Crippen molar-refractivity contribution in [1.29, 1.82) is 0 Å². The van der Waals surface area contributed by atoms with Crippen LogP contribution in [0.25, 0.3) is 0 Å². The normalized spacial score (nSPS) is 29.8. The Kier molecular flexibility index (Phi) is 2.38. The fourth-order valence-corrected chi connectivity index (χ4v) is 2.02. The first-order valence-corrected chi connectivity index (χ1v) is 4.44. The molecule has 1 rings (SSSR count). The highest BCUT2D eigenvalue weighted by Crippen LogP contribution is 2.37. The maximum Gasteiger partial charge on any atom is -0.00406 e. The summed E-state index contributed by atoms with van der Waals surface area (Å²) < 4.78 is 0. The van der Waals surface area contributed by atoms with Gasteiger partial charge in [-0.1, -0.05) is 25.5 Å². The number of rotatable bonds is 1. The van der Waals surface area contributed by atoms with E-state index in [2.05, 4.69) is 26.8 Å². The molecule has 0 saturated heterocycles. The van der Waals surface area contributed by atoms with E-state index in [0.717, 1.165) is 6.54 Å². The summed E-state index contributed by atoms with van der Waals surface area (Å²) in [6, 6.07) is 0. The minimum atomic E-state index is 0.330. The molecule has 0 amide bonds. The molecule has 64 valence electrons. The zero-order valence-electron chi connectivity index (χ0n) is 7.85. The van der Waals surface area contributed by atoms with E-state index in [4.69, 9.17) is 5.73 Å². The lowest BCUT2D eigenvalue weighted by Crippen LogP contribution is -2.31. The van der Waals surface area contributed by atoms with Crippen LogP contribution >= 0.6 is 0 Å². The lowest BCUT2D eigenvalue weighted by Gasteiger charge is -2.35. The quantitative estimate of drug-likeness (QED) is 0.575. The highest BCUT2D eigenvalue weighted by molar-refractivity contribution is 5.11. The van der Waals surface area contributed by atoms with Gasteiger partial charge in [-0.2, -0.15) is 0 Å². The van der Waals surface area contributed by atoms with Crippen LogP contribution in [0.2, 0.25) is 0 Å². The van der Waals surface area contributed by atoms with Crippen molar-refractivity contribution in [3.8, 4) is 0 Å². The van der Waals surface area contributed by atoms with Crippen molar-refractivity contribution in [1.82, 2.24) is 0 Å². The molecule has 1 atom stereocenters. The van der Waals surface area contributed by atoms with Gasteiger partial charge in [-0.3, -0.25) is 0 Å². The van der Waals surface area contributed by atoms with E-state index in [1.165, 1.54) is 18.4 Å². The third kappa shape index (κ3) is 1.84. The fraction of sp³-hybridized carbons (Fsp3) is 0.800. The molecular formula is C10H19N. The van der Waals surface area contributed by atoms with Crippen LogP contribution in [0.4, 0.5) is 0 Å². The van der Waals surface area contributed by atoms with Crippen LogP contribution in [0, 0.1) is 11.3 Å². The second-order valence-corrected chi connectivity index (χ2v) is 4.28. The molecule has 11 heavy (non-hydrogen) atoms. The summed E-state index contributed by atoms with van der Waals surface area (Å²) in [6.07, 6.45) is 4.89. The Bertz CT molecular complexity index is 168. The van der Waals surface area contributed by atoms with Gasteiger partial charge >= 0.3 is 0 Å². The van der Waals surface area contributed by atoms with Crippen LogP contribution in [-0.2, 0) is 0 Å². The van der Waals surface area contributed by atoms with Crippen molar-refractivity contribution in [2.24, 2.45) is 17.1 Å². The van der Waals surface area contributed by atoms with Crippen molar-refractivity contribution in [2.45, 2.75) is 33.6 Å². The van der Waals surface area contributed by atoms with Gasteiger partial charge in [-0.05, 0) is 37.6 Å². The van der Waals surface area contributed by atoms with E-state index in [1.807, 2.05) is 0 Å². The van der Waals surface area contributed by atoms with Gasteiger partial charge in [-0.15, -0.1) is 0 Å². The molecule has 0 fully saturated rings. The Balaban J connectivity index is 2.76. The summed E-state index contributed by atoms with van der Waals surface area (Å²) >= 11 is 0. The standard InChI is InChI=1S/C10H19N/c1-8-4-5-9(7-11)10(2,3)6-8/h6,9H,4-5,7,11H2,1-3H3/t9-/m0/s1. The fourth-order valence-electron chi connectivity index (χ4n) is 2.02. The number of allylic oxidation sites excluding steroid dienone is 2. The van der Waals surface area contributed by atoms with E-state index in [1.54, 1.807) is 0 Å². The summed E-state index contributed by atoms with van der Waals surface area (Å²) in [6.45, 7) is 7.62. The van der Waals surface area contributed by atoms with E-state index < -0.39 is 0 Å². The van der Waals surface area contributed by atoms with Gasteiger partial charge in [0.05, 0.1) is 0 Å². The second-order valence-electron chi connectivity index (χ2n) is 4.28. The van der Waals surface area contributed by atoms with Crippen molar-refractivity contribution in [3.63, 3.8) is 0 Å². The Morgan fingerprint density at radius 1 is 1.64 bits per heavy atom. The average molecular weight is 153 g/mol. The van der Waals surface area contributed by atoms with Crippen molar-refractivity contribution in [2.75, 3.05) is 6.54 Å². The molecule has 0 aromatic rings. The van der Waals surface area contributed by atoms with Gasteiger partial charge < -0.3 is 5.73 Å². The van der Waals surface area contributed by atoms with Crippen LogP contribution in [0.1, 0.15) is 33.6 Å². The molecule has 1 heteroatoms. The molecule has 0 unspecified atom stereocenters. The van der Waals surface area contributed by atoms with Crippen LogP contribution < -0.4 is 5.73 Å². The maximum absolute atomic E-state index is 5.70. The number of hydrogen-bond donors (Lipinski definition) is 1. The molecule has 0 spiro atoms. The molecule has 2 N–H and O–H groups in total. The topological polar surface area (TPSA) is 26.0 Å². The smallest absolute Gasteiger partial charge is 0.00406 e. The summed E-state index contributed by atoms with van der Waals surface area (Å²) in [7, 11) is 0. The lowest BCUT2D eigenvalue weighted by molar-refractivity contribution is 0.256. The van der Waals surface area contributed by atoms with E-state index in [0.29, 0.717) is 11.3 Å². The SMILES string of the molecule is CC1=CC(C)(C)[C@H](CN)CC1. The molecule has 0 saturated carbocycles. The van der Waals surface area contributed by atoms with E-state index in [9.17, 15) is 0 Å². The number of hydrogen-bond acceptors (Lipinski definition) is 1. The van der Waals surface area contributed by atoms with E-state index in [-0.39, 0.29) is 0 Å². The summed E-state index contributed by atoms with van der Waals surface area (Å²) in [5, 5.41) is 0. The Morgan fingerprint density at radius 3 is 2.73 bits per heavy atom. The molecule has 0 aromatic heterocycles. The third-order valence-corrected chi connectivity index (χ3v) is 2.84. The highest BCUT2D eigenvalue weighted by Gasteiger charge is 2.28. The molecule has 0 bridgehead atoms. The van der Waals surface area contributed by atoms with Gasteiger partial charge in [0, 0.05) is 0 Å². The first kappa shape index (κ1) is 8.79. The molecule has 1 aliphatic carbocycles. The van der Waals surface area contributed by atoms with Gasteiger partial charge in [0.15, 0.2) is 0 Å². The Hall–Kier alpha value is -0.300. The van der Waals surface area contributed by atoms with Gasteiger partial charge in [0.25, 0.3) is 0 Å². The molecule has 0 heterocycles. The monoisotopic (exact) mass is 153 g/mol. The minimum Gasteiger partial charge on any atom is -0.330 e. The van der Waals surface area contributed by atoms with Crippen molar-refractivity contribution in [3.05, 3.63) is 11.6 Å². The third-order valence-electron chi connectivity index (χ3n) is 2.84.